The van der Waals surface area contributed by atoms with Gasteiger partial charge in [-0.2, -0.15) is 0 Å². The molecule has 8 atom stereocenters. The Hall–Kier alpha value is -0.260. The molecule has 0 aromatic heterocycles. The number of rotatable bonds is 1. The molecule has 6 rings (SSSR count). The molecule has 0 heteroatoms. The quantitative estimate of drug-likeness (QED) is 0.531. The lowest BCUT2D eigenvalue weighted by Crippen LogP contribution is -2.25. The highest BCUT2D eigenvalue weighted by atomic mass is 14.5. The SMILES string of the molecule is C1=CC2CCC1C2.C1CC2CC1CC2C1CC2CCC1C2. The zero-order valence-electron chi connectivity index (χ0n) is 13.6. The third-order valence-electron chi connectivity index (χ3n) is 8.30. The Kier molecular flexibility index (Phi) is 3.23. The predicted molar refractivity (Wildman–Crippen MR) is 87.8 cm³/mol. The average Bonchev–Trinajstić information content (AvgIpc) is 3.36. The summed E-state index contributed by atoms with van der Waals surface area (Å²) in [4.78, 5) is 0. The van der Waals surface area contributed by atoms with E-state index in [1.54, 1.807) is 51.4 Å². The fourth-order valence-electron chi connectivity index (χ4n) is 7.35. The Balaban J connectivity index is 0.000000125. The highest BCUT2D eigenvalue weighted by molar-refractivity contribution is 5.06. The van der Waals surface area contributed by atoms with E-state index in [-0.39, 0.29) is 0 Å². The second kappa shape index (κ2) is 5.14. The molecule has 0 N–H and O–H groups in total. The van der Waals surface area contributed by atoms with Crippen molar-refractivity contribution in [2.75, 3.05) is 0 Å². The molecule has 0 radical (unpaired) electrons. The third kappa shape index (κ3) is 2.32. The Morgan fingerprint density at radius 2 is 1.00 bits per heavy atom. The molecular formula is C21H32. The lowest BCUT2D eigenvalue weighted by molar-refractivity contribution is 0.164. The number of hydrogen-bond donors (Lipinski definition) is 0. The fraction of sp³-hybridized carbons (Fsp3) is 0.905. The van der Waals surface area contributed by atoms with Gasteiger partial charge in [-0.3, -0.25) is 0 Å². The predicted octanol–water partition coefficient (Wildman–Crippen LogP) is 5.83. The first-order valence-corrected chi connectivity index (χ1v) is 10.0. The summed E-state index contributed by atoms with van der Waals surface area (Å²) in [5, 5.41) is 0. The van der Waals surface area contributed by atoms with Crippen LogP contribution >= 0.6 is 0 Å². The summed E-state index contributed by atoms with van der Waals surface area (Å²) in [7, 11) is 0. The molecule has 0 heterocycles. The smallest absolute Gasteiger partial charge is 0.0228 e. The molecule has 0 aliphatic heterocycles. The van der Waals surface area contributed by atoms with E-state index in [1.165, 1.54) is 54.8 Å². The minimum absolute atomic E-state index is 0.991. The molecule has 5 saturated carbocycles. The van der Waals surface area contributed by atoms with Gasteiger partial charge in [-0.05, 0) is 105 Å². The van der Waals surface area contributed by atoms with Crippen LogP contribution in [0.5, 0.6) is 0 Å². The van der Waals surface area contributed by atoms with Gasteiger partial charge in [0, 0.05) is 0 Å². The lowest BCUT2D eigenvalue weighted by atomic mass is 9.72. The van der Waals surface area contributed by atoms with Crippen molar-refractivity contribution in [2.45, 2.75) is 70.6 Å². The van der Waals surface area contributed by atoms with E-state index in [2.05, 4.69) is 12.2 Å². The Morgan fingerprint density at radius 3 is 1.24 bits per heavy atom. The van der Waals surface area contributed by atoms with Gasteiger partial charge in [0.1, 0.15) is 0 Å². The Bertz CT molecular complexity index is 384. The molecule has 6 aliphatic carbocycles. The van der Waals surface area contributed by atoms with Crippen molar-refractivity contribution < 1.29 is 0 Å². The summed E-state index contributed by atoms with van der Waals surface area (Å²) in [6.45, 7) is 0. The van der Waals surface area contributed by atoms with Crippen molar-refractivity contribution in [1.29, 1.82) is 0 Å². The van der Waals surface area contributed by atoms with Gasteiger partial charge in [0.15, 0.2) is 0 Å². The second-order valence-electron chi connectivity index (χ2n) is 9.40. The van der Waals surface area contributed by atoms with E-state index in [0.717, 1.165) is 11.8 Å². The van der Waals surface area contributed by atoms with Crippen LogP contribution in [0.15, 0.2) is 12.2 Å². The van der Waals surface area contributed by atoms with Gasteiger partial charge in [-0.25, -0.2) is 0 Å². The summed E-state index contributed by atoms with van der Waals surface area (Å²) < 4.78 is 0. The van der Waals surface area contributed by atoms with E-state index >= 15 is 0 Å². The topological polar surface area (TPSA) is 0 Å². The van der Waals surface area contributed by atoms with Gasteiger partial charge in [0.05, 0.1) is 0 Å². The molecule has 0 nitrogen and oxygen atoms in total. The molecule has 0 amide bonds. The first kappa shape index (κ1) is 13.2. The lowest BCUT2D eigenvalue weighted by Gasteiger charge is -2.33. The van der Waals surface area contributed by atoms with Crippen molar-refractivity contribution in [3.05, 3.63) is 12.2 Å². The average molecular weight is 284 g/mol. The Labute approximate surface area is 130 Å². The zero-order valence-corrected chi connectivity index (χ0v) is 13.6. The molecule has 0 aromatic carbocycles. The second-order valence-corrected chi connectivity index (χ2v) is 9.40. The van der Waals surface area contributed by atoms with Crippen LogP contribution in [0.25, 0.3) is 0 Å². The molecule has 0 saturated heterocycles. The van der Waals surface area contributed by atoms with Crippen LogP contribution in [0, 0.1) is 47.3 Å². The van der Waals surface area contributed by atoms with E-state index in [0.29, 0.717) is 0 Å². The minimum Gasteiger partial charge on any atom is -0.0851 e. The summed E-state index contributed by atoms with van der Waals surface area (Å²) in [6.07, 6.45) is 22.1. The van der Waals surface area contributed by atoms with Crippen LogP contribution in [-0.2, 0) is 0 Å². The summed E-state index contributed by atoms with van der Waals surface area (Å²) in [5.41, 5.74) is 0. The largest absolute Gasteiger partial charge is 0.0851 e. The number of hydrogen-bond acceptors (Lipinski definition) is 0. The van der Waals surface area contributed by atoms with Crippen molar-refractivity contribution in [3.63, 3.8) is 0 Å². The van der Waals surface area contributed by atoms with Crippen LogP contribution in [0.3, 0.4) is 0 Å². The maximum Gasteiger partial charge on any atom is -0.0228 e. The zero-order chi connectivity index (χ0) is 13.8. The van der Waals surface area contributed by atoms with Gasteiger partial charge in [0.2, 0.25) is 0 Å². The molecular weight excluding hydrogens is 252 g/mol. The van der Waals surface area contributed by atoms with Crippen molar-refractivity contribution in [3.8, 4) is 0 Å². The Morgan fingerprint density at radius 1 is 0.476 bits per heavy atom. The monoisotopic (exact) mass is 284 g/mol. The molecule has 116 valence electrons. The first-order chi connectivity index (χ1) is 10.3. The fourth-order valence-corrected chi connectivity index (χ4v) is 7.35. The summed E-state index contributed by atoms with van der Waals surface area (Å²) >= 11 is 0. The first-order valence-electron chi connectivity index (χ1n) is 10.0. The van der Waals surface area contributed by atoms with Crippen molar-refractivity contribution in [2.24, 2.45) is 47.3 Å². The number of allylic oxidation sites excluding steroid dienone is 2. The van der Waals surface area contributed by atoms with Gasteiger partial charge >= 0.3 is 0 Å². The molecule has 6 bridgehead atoms. The van der Waals surface area contributed by atoms with E-state index in [9.17, 15) is 0 Å². The van der Waals surface area contributed by atoms with Gasteiger partial charge < -0.3 is 0 Å². The van der Waals surface area contributed by atoms with Crippen LogP contribution in [0.2, 0.25) is 0 Å². The molecule has 5 fully saturated rings. The highest BCUT2D eigenvalue weighted by Crippen LogP contribution is 2.59. The highest BCUT2D eigenvalue weighted by Gasteiger charge is 2.49. The number of fused-ring (bicyclic) bond motifs is 6. The van der Waals surface area contributed by atoms with Crippen molar-refractivity contribution >= 4 is 0 Å². The minimum atomic E-state index is 0.991. The van der Waals surface area contributed by atoms with Crippen LogP contribution in [0.1, 0.15) is 70.6 Å². The summed E-state index contributed by atoms with van der Waals surface area (Å²) in [6, 6.07) is 0. The normalized spacial score (nSPS) is 55.2. The molecule has 6 aliphatic rings. The standard InChI is InChI=1S/C14H22.C7H10/c1-3-11-5-9(1)7-13(11)14-8-10-2-4-12(14)6-10;1-2-7-4-3-6(1)5-7/h9-14H,1-8H2;1-2,6-7H,3-5H2. The van der Waals surface area contributed by atoms with Gasteiger partial charge in [0.25, 0.3) is 0 Å². The maximum absolute atomic E-state index is 2.38. The van der Waals surface area contributed by atoms with Crippen molar-refractivity contribution in [1.82, 2.24) is 0 Å². The van der Waals surface area contributed by atoms with Gasteiger partial charge in [-0.1, -0.05) is 25.0 Å². The maximum atomic E-state index is 2.38. The molecule has 0 aromatic rings. The molecule has 21 heavy (non-hydrogen) atoms. The van der Waals surface area contributed by atoms with Crippen LogP contribution < -0.4 is 0 Å². The van der Waals surface area contributed by atoms with Crippen LogP contribution in [-0.4, -0.2) is 0 Å². The third-order valence-corrected chi connectivity index (χ3v) is 8.30. The molecule has 0 spiro atoms. The van der Waals surface area contributed by atoms with E-state index < -0.39 is 0 Å². The molecule has 8 unspecified atom stereocenters. The summed E-state index contributed by atoms with van der Waals surface area (Å²) in [5.74, 6) is 9.09. The van der Waals surface area contributed by atoms with E-state index in [4.69, 9.17) is 0 Å². The van der Waals surface area contributed by atoms with E-state index in [1.807, 2.05) is 0 Å². The van der Waals surface area contributed by atoms with Gasteiger partial charge in [-0.15, -0.1) is 0 Å². The van der Waals surface area contributed by atoms with Crippen LogP contribution in [0.4, 0.5) is 0 Å².